The number of rotatable bonds is 2. The molecule has 0 aliphatic heterocycles. The molecule has 0 bridgehead atoms. The van der Waals surface area contributed by atoms with Gasteiger partial charge in [-0.2, -0.15) is 0 Å². The molecule has 0 radical (unpaired) electrons. The Labute approximate surface area is 64.2 Å². The molecule has 0 saturated heterocycles. The number of anilines is 1. The summed E-state index contributed by atoms with van der Waals surface area (Å²) >= 11 is 0. The van der Waals surface area contributed by atoms with E-state index in [1.165, 1.54) is 0 Å². The van der Waals surface area contributed by atoms with Crippen LogP contribution in [0.4, 0.5) is 10.2 Å². The van der Waals surface area contributed by atoms with Crippen molar-refractivity contribution in [1.82, 2.24) is 4.98 Å². The van der Waals surface area contributed by atoms with Crippen molar-refractivity contribution in [2.24, 2.45) is 5.73 Å². The lowest BCUT2D eigenvalue weighted by Gasteiger charge is -2.08. The zero-order valence-corrected chi connectivity index (χ0v) is 6.00. The van der Waals surface area contributed by atoms with Crippen molar-refractivity contribution in [3.05, 3.63) is 23.9 Å². The largest absolute Gasteiger partial charge is 0.383 e. The summed E-state index contributed by atoms with van der Waals surface area (Å²) in [5, 5.41) is 0. The molecule has 3 nitrogen and oxygen atoms in total. The van der Waals surface area contributed by atoms with Crippen LogP contribution in [0.3, 0.4) is 0 Å². The van der Waals surface area contributed by atoms with Gasteiger partial charge in [0.2, 0.25) is 0 Å². The molecule has 11 heavy (non-hydrogen) atoms. The molecule has 60 valence electrons. The molecule has 0 aromatic carbocycles. The monoisotopic (exact) mass is 155 g/mol. The Kier molecular flexibility index (Phi) is 2.38. The van der Waals surface area contributed by atoms with Crippen LogP contribution >= 0.6 is 0 Å². The molecule has 1 heterocycles. The summed E-state index contributed by atoms with van der Waals surface area (Å²) in [6.45, 7) is -0.615. The van der Waals surface area contributed by atoms with Crippen LogP contribution in [0, 0.1) is 0 Å². The van der Waals surface area contributed by atoms with E-state index in [2.05, 4.69) is 4.98 Å². The first kappa shape index (κ1) is 7.94. The maximum atomic E-state index is 12.0. The summed E-state index contributed by atoms with van der Waals surface area (Å²) in [7, 11) is 0. The van der Waals surface area contributed by atoms with E-state index in [9.17, 15) is 4.39 Å². The van der Waals surface area contributed by atoms with Crippen LogP contribution in [0.2, 0.25) is 0 Å². The highest BCUT2D eigenvalue weighted by molar-refractivity contribution is 5.40. The average Bonchev–Trinajstić information content (AvgIpc) is 2.04. The van der Waals surface area contributed by atoms with Gasteiger partial charge in [-0.15, -0.1) is 0 Å². The Morgan fingerprint density at radius 2 is 2.36 bits per heavy atom. The van der Waals surface area contributed by atoms with Gasteiger partial charge in [0.15, 0.2) is 0 Å². The summed E-state index contributed by atoms with van der Waals surface area (Å²) in [4.78, 5) is 3.78. The normalized spacial score (nSPS) is 12.9. The van der Waals surface area contributed by atoms with Crippen molar-refractivity contribution in [3.8, 4) is 0 Å². The lowest BCUT2D eigenvalue weighted by molar-refractivity contribution is 0.437. The Bertz CT molecular complexity index is 239. The van der Waals surface area contributed by atoms with Crippen LogP contribution in [0.5, 0.6) is 0 Å². The van der Waals surface area contributed by atoms with Crippen molar-refractivity contribution in [1.29, 1.82) is 0 Å². The highest BCUT2D eigenvalue weighted by atomic mass is 19.1. The molecule has 1 aromatic rings. The Balaban J connectivity index is 2.93. The summed E-state index contributed by atoms with van der Waals surface area (Å²) in [6.07, 6.45) is 1.55. The maximum absolute atomic E-state index is 12.0. The molecule has 0 fully saturated rings. The van der Waals surface area contributed by atoms with Crippen LogP contribution < -0.4 is 11.5 Å². The third kappa shape index (κ3) is 1.65. The first-order chi connectivity index (χ1) is 5.25. The fourth-order valence-corrected chi connectivity index (χ4v) is 0.827. The van der Waals surface area contributed by atoms with Gasteiger partial charge in [0.1, 0.15) is 12.5 Å². The molecule has 1 rings (SSSR count). The number of hydrogen-bond acceptors (Lipinski definition) is 3. The zero-order chi connectivity index (χ0) is 8.27. The van der Waals surface area contributed by atoms with E-state index in [4.69, 9.17) is 11.5 Å². The fourth-order valence-electron chi connectivity index (χ4n) is 0.827. The minimum atomic E-state index is -0.649. The van der Waals surface area contributed by atoms with Crippen molar-refractivity contribution in [2.45, 2.75) is 6.04 Å². The average molecular weight is 155 g/mol. The number of nitrogens with two attached hydrogens (primary N) is 2. The Morgan fingerprint density at radius 1 is 1.64 bits per heavy atom. The maximum Gasteiger partial charge on any atom is 0.128 e. The van der Waals surface area contributed by atoms with E-state index >= 15 is 0 Å². The first-order valence-electron chi connectivity index (χ1n) is 3.27. The van der Waals surface area contributed by atoms with Crippen molar-refractivity contribution < 1.29 is 4.39 Å². The second kappa shape index (κ2) is 3.30. The molecule has 1 aromatic heterocycles. The minimum Gasteiger partial charge on any atom is -0.383 e. The van der Waals surface area contributed by atoms with Crippen molar-refractivity contribution in [2.75, 3.05) is 12.4 Å². The van der Waals surface area contributed by atoms with Gasteiger partial charge < -0.3 is 11.5 Å². The molecule has 1 atom stereocenters. The molecular formula is C7H10FN3. The highest BCUT2D eigenvalue weighted by Gasteiger charge is 2.08. The van der Waals surface area contributed by atoms with Gasteiger partial charge in [0.25, 0.3) is 0 Å². The molecule has 4 heteroatoms. The van der Waals surface area contributed by atoms with Crippen LogP contribution in [0.15, 0.2) is 18.3 Å². The van der Waals surface area contributed by atoms with Gasteiger partial charge in [-0.3, -0.25) is 0 Å². The number of nitrogens with zero attached hydrogens (tertiary/aromatic N) is 1. The number of alkyl halides is 1. The van der Waals surface area contributed by atoms with E-state index in [0.29, 0.717) is 11.4 Å². The lowest BCUT2D eigenvalue weighted by Crippen LogP contribution is -2.14. The SMILES string of the molecule is Nc1ncccc1C(N)CF. The summed E-state index contributed by atoms with van der Waals surface area (Å²) in [6, 6.07) is 2.71. The van der Waals surface area contributed by atoms with Crippen LogP contribution in [0.1, 0.15) is 11.6 Å². The van der Waals surface area contributed by atoms with Crippen molar-refractivity contribution in [3.63, 3.8) is 0 Å². The van der Waals surface area contributed by atoms with E-state index in [-0.39, 0.29) is 0 Å². The predicted molar refractivity (Wildman–Crippen MR) is 41.6 cm³/mol. The van der Waals surface area contributed by atoms with E-state index < -0.39 is 12.7 Å². The number of pyridine rings is 1. The third-order valence-corrected chi connectivity index (χ3v) is 1.44. The Morgan fingerprint density at radius 3 is 2.91 bits per heavy atom. The Hall–Kier alpha value is -1.16. The summed E-state index contributed by atoms with van der Waals surface area (Å²) in [5.41, 5.74) is 11.4. The molecule has 1 unspecified atom stereocenters. The van der Waals surface area contributed by atoms with Gasteiger partial charge >= 0.3 is 0 Å². The standard InChI is InChI=1S/C7H10FN3/c8-4-6(9)5-2-1-3-11-7(5)10/h1-3,6H,4,9H2,(H2,10,11). The molecule has 0 spiro atoms. The topological polar surface area (TPSA) is 64.9 Å². The summed E-state index contributed by atoms with van der Waals surface area (Å²) < 4.78 is 12.0. The highest BCUT2D eigenvalue weighted by Crippen LogP contribution is 2.15. The predicted octanol–water partition coefficient (Wildman–Crippen LogP) is 0.633. The smallest absolute Gasteiger partial charge is 0.128 e. The van der Waals surface area contributed by atoms with Crippen LogP contribution in [-0.4, -0.2) is 11.7 Å². The molecule has 0 amide bonds. The molecule has 0 aliphatic rings. The molecule has 0 saturated carbocycles. The molecular weight excluding hydrogens is 145 g/mol. The number of halogens is 1. The molecule has 4 N–H and O–H groups in total. The fraction of sp³-hybridized carbons (Fsp3) is 0.286. The van der Waals surface area contributed by atoms with E-state index in [1.54, 1.807) is 18.3 Å². The zero-order valence-electron chi connectivity index (χ0n) is 6.00. The first-order valence-corrected chi connectivity index (χ1v) is 3.27. The third-order valence-electron chi connectivity index (χ3n) is 1.44. The van der Waals surface area contributed by atoms with Crippen LogP contribution in [0.25, 0.3) is 0 Å². The number of hydrogen-bond donors (Lipinski definition) is 2. The second-order valence-corrected chi connectivity index (χ2v) is 2.24. The van der Waals surface area contributed by atoms with Gasteiger partial charge in [-0.25, -0.2) is 9.37 Å². The van der Waals surface area contributed by atoms with Crippen molar-refractivity contribution >= 4 is 5.82 Å². The number of aromatic nitrogens is 1. The number of nitrogen functional groups attached to an aromatic ring is 1. The summed E-state index contributed by atoms with van der Waals surface area (Å²) in [5.74, 6) is 0.303. The lowest BCUT2D eigenvalue weighted by atomic mass is 10.1. The van der Waals surface area contributed by atoms with Gasteiger partial charge in [-0.1, -0.05) is 6.07 Å². The van der Waals surface area contributed by atoms with Gasteiger partial charge in [0, 0.05) is 11.8 Å². The van der Waals surface area contributed by atoms with E-state index in [0.717, 1.165) is 0 Å². The van der Waals surface area contributed by atoms with E-state index in [1.807, 2.05) is 0 Å². The van der Waals surface area contributed by atoms with Gasteiger partial charge in [0.05, 0.1) is 6.04 Å². The quantitative estimate of drug-likeness (QED) is 0.658. The minimum absolute atomic E-state index is 0.303. The van der Waals surface area contributed by atoms with Crippen LogP contribution in [-0.2, 0) is 0 Å². The second-order valence-electron chi connectivity index (χ2n) is 2.24. The van der Waals surface area contributed by atoms with Gasteiger partial charge in [-0.05, 0) is 6.07 Å². The molecule has 0 aliphatic carbocycles.